The predicted octanol–water partition coefficient (Wildman–Crippen LogP) is 1.12. The maximum absolute atomic E-state index is 12.2. The van der Waals surface area contributed by atoms with E-state index >= 15 is 0 Å². The van der Waals surface area contributed by atoms with Crippen molar-refractivity contribution in [1.29, 1.82) is 0 Å². The van der Waals surface area contributed by atoms with E-state index < -0.39 is 10.0 Å². The highest BCUT2D eigenvalue weighted by Crippen LogP contribution is 2.22. The Kier molecular flexibility index (Phi) is 7.66. The molecule has 0 unspecified atom stereocenters. The van der Waals surface area contributed by atoms with Gasteiger partial charge in [0.15, 0.2) is 0 Å². The lowest BCUT2D eigenvalue weighted by molar-refractivity contribution is 0.153. The molecule has 0 bridgehead atoms. The number of ether oxygens (including phenoxy) is 2. The Bertz CT molecular complexity index is 532. The van der Waals surface area contributed by atoms with Crippen molar-refractivity contribution in [2.24, 2.45) is 0 Å². The molecule has 2 N–H and O–H groups in total. The summed E-state index contributed by atoms with van der Waals surface area (Å²) in [7, 11) is -1.96. The van der Waals surface area contributed by atoms with Gasteiger partial charge in [0, 0.05) is 25.3 Å². The van der Waals surface area contributed by atoms with Gasteiger partial charge in [0.05, 0.1) is 18.6 Å². The monoisotopic (exact) mass is 316 g/mol. The molecule has 0 saturated carbocycles. The van der Waals surface area contributed by atoms with E-state index in [0.717, 1.165) is 12.1 Å². The van der Waals surface area contributed by atoms with Crippen LogP contribution in [0.4, 0.5) is 0 Å². The second-order valence-electron chi connectivity index (χ2n) is 4.35. The summed E-state index contributed by atoms with van der Waals surface area (Å²) in [4.78, 5) is 0.229. The molecule has 0 aliphatic rings. The minimum absolute atomic E-state index is 0.229. The fourth-order valence-electron chi connectivity index (χ4n) is 1.80. The topological polar surface area (TPSA) is 76.7 Å². The highest BCUT2D eigenvalue weighted by atomic mass is 32.2. The number of rotatable bonds is 10. The van der Waals surface area contributed by atoms with Crippen LogP contribution < -0.4 is 14.8 Å². The molecule has 21 heavy (non-hydrogen) atoms. The number of methoxy groups -OCH3 is 1. The van der Waals surface area contributed by atoms with Gasteiger partial charge in [-0.3, -0.25) is 0 Å². The van der Waals surface area contributed by atoms with Crippen molar-refractivity contribution in [2.45, 2.75) is 25.3 Å². The molecule has 1 aromatic rings. The van der Waals surface area contributed by atoms with Gasteiger partial charge in [-0.15, -0.1) is 0 Å². The summed E-state index contributed by atoms with van der Waals surface area (Å²) in [5.41, 5.74) is 0.812. The van der Waals surface area contributed by atoms with E-state index in [1.165, 1.54) is 6.07 Å². The van der Waals surface area contributed by atoms with E-state index in [-0.39, 0.29) is 11.4 Å². The molecule has 0 heterocycles. The number of nitrogens with one attached hydrogen (secondary N) is 2. The molecule has 0 aliphatic carbocycles. The zero-order valence-electron chi connectivity index (χ0n) is 12.8. The Balaban J connectivity index is 2.85. The first-order chi connectivity index (χ1) is 10.0. The van der Waals surface area contributed by atoms with E-state index in [1.54, 1.807) is 19.2 Å². The maximum atomic E-state index is 12.2. The molecular formula is C14H24N2O4S. The largest absolute Gasteiger partial charge is 0.496 e. The second kappa shape index (κ2) is 8.99. The molecule has 0 aliphatic heterocycles. The Hall–Kier alpha value is -1.15. The lowest BCUT2D eigenvalue weighted by Crippen LogP contribution is -2.27. The van der Waals surface area contributed by atoms with E-state index in [9.17, 15) is 8.42 Å². The quantitative estimate of drug-likeness (QED) is 0.633. The van der Waals surface area contributed by atoms with E-state index in [2.05, 4.69) is 10.0 Å². The van der Waals surface area contributed by atoms with Crippen LogP contribution in [0.2, 0.25) is 0 Å². The molecular weight excluding hydrogens is 292 g/mol. The van der Waals surface area contributed by atoms with Crippen molar-refractivity contribution in [3.05, 3.63) is 23.8 Å². The molecule has 0 fully saturated rings. The summed E-state index contributed by atoms with van der Waals surface area (Å²) in [6.07, 6.45) is 0. The van der Waals surface area contributed by atoms with E-state index in [1.807, 2.05) is 13.8 Å². The van der Waals surface area contributed by atoms with Crippen molar-refractivity contribution in [1.82, 2.24) is 10.0 Å². The Morgan fingerprint density at radius 3 is 2.62 bits per heavy atom. The predicted molar refractivity (Wildman–Crippen MR) is 82.1 cm³/mol. The Morgan fingerprint density at radius 1 is 1.24 bits per heavy atom. The van der Waals surface area contributed by atoms with Crippen LogP contribution in [-0.4, -0.2) is 41.8 Å². The third kappa shape index (κ3) is 5.62. The normalized spacial score (nSPS) is 11.6. The van der Waals surface area contributed by atoms with Gasteiger partial charge < -0.3 is 14.8 Å². The van der Waals surface area contributed by atoms with Gasteiger partial charge >= 0.3 is 0 Å². The van der Waals surface area contributed by atoms with Gasteiger partial charge in [-0.05, 0) is 31.7 Å². The molecule has 1 rings (SSSR count). The number of hydrogen-bond acceptors (Lipinski definition) is 5. The molecule has 6 nitrogen and oxygen atoms in total. The van der Waals surface area contributed by atoms with Crippen LogP contribution in [0.3, 0.4) is 0 Å². The van der Waals surface area contributed by atoms with Gasteiger partial charge in [0.1, 0.15) is 5.75 Å². The highest BCUT2D eigenvalue weighted by Gasteiger charge is 2.15. The van der Waals surface area contributed by atoms with Crippen LogP contribution in [-0.2, 0) is 21.3 Å². The molecule has 120 valence electrons. The minimum Gasteiger partial charge on any atom is -0.496 e. The average Bonchev–Trinajstić information content (AvgIpc) is 2.49. The summed E-state index contributed by atoms with van der Waals surface area (Å²) in [5, 5.41) is 3.16. The Morgan fingerprint density at radius 2 is 2.00 bits per heavy atom. The molecule has 0 radical (unpaired) electrons. The molecule has 0 saturated heterocycles. The van der Waals surface area contributed by atoms with Crippen LogP contribution in [0.25, 0.3) is 0 Å². The van der Waals surface area contributed by atoms with Crippen LogP contribution in [0.15, 0.2) is 23.1 Å². The van der Waals surface area contributed by atoms with Gasteiger partial charge in [-0.25, -0.2) is 13.1 Å². The highest BCUT2D eigenvalue weighted by molar-refractivity contribution is 7.89. The molecule has 7 heteroatoms. The van der Waals surface area contributed by atoms with Gasteiger partial charge in [0.2, 0.25) is 10.0 Å². The van der Waals surface area contributed by atoms with Gasteiger partial charge in [-0.1, -0.05) is 6.92 Å². The Labute approximate surface area is 126 Å². The van der Waals surface area contributed by atoms with Gasteiger partial charge in [0.25, 0.3) is 0 Å². The second-order valence-corrected chi connectivity index (χ2v) is 6.12. The molecule has 0 amide bonds. The van der Waals surface area contributed by atoms with Crippen molar-refractivity contribution >= 4 is 10.0 Å². The first-order valence-corrected chi connectivity index (χ1v) is 8.48. The lowest BCUT2D eigenvalue weighted by atomic mass is 10.2. The van der Waals surface area contributed by atoms with Crippen LogP contribution in [0, 0.1) is 0 Å². The number of benzene rings is 1. The maximum Gasteiger partial charge on any atom is 0.240 e. The fraction of sp³-hybridized carbons (Fsp3) is 0.571. The molecule has 0 atom stereocenters. The van der Waals surface area contributed by atoms with E-state index in [4.69, 9.17) is 9.47 Å². The first kappa shape index (κ1) is 17.9. The minimum atomic E-state index is -3.53. The van der Waals surface area contributed by atoms with Crippen molar-refractivity contribution in [3.63, 3.8) is 0 Å². The fourth-order valence-corrected chi connectivity index (χ4v) is 2.86. The summed E-state index contributed by atoms with van der Waals surface area (Å²) >= 11 is 0. The first-order valence-electron chi connectivity index (χ1n) is 7.00. The van der Waals surface area contributed by atoms with E-state index in [0.29, 0.717) is 25.5 Å². The van der Waals surface area contributed by atoms with Crippen LogP contribution in [0.5, 0.6) is 5.75 Å². The molecule has 0 aromatic heterocycles. The molecule has 0 spiro atoms. The SMILES string of the molecule is CCNCc1cc(S(=O)(=O)NCCOCC)ccc1OC. The third-order valence-corrected chi connectivity index (χ3v) is 4.33. The van der Waals surface area contributed by atoms with Crippen molar-refractivity contribution in [3.8, 4) is 5.75 Å². The lowest BCUT2D eigenvalue weighted by Gasteiger charge is -2.12. The number of sulfonamides is 1. The number of hydrogen-bond donors (Lipinski definition) is 2. The van der Waals surface area contributed by atoms with Crippen LogP contribution in [0.1, 0.15) is 19.4 Å². The summed E-state index contributed by atoms with van der Waals surface area (Å²) < 4.78 is 37.3. The standard InChI is InChI=1S/C14H24N2O4S/c1-4-15-11-12-10-13(6-7-14(12)19-3)21(17,18)16-8-9-20-5-2/h6-7,10,15-16H,4-5,8-9,11H2,1-3H3. The van der Waals surface area contributed by atoms with Crippen molar-refractivity contribution < 1.29 is 17.9 Å². The zero-order valence-corrected chi connectivity index (χ0v) is 13.6. The van der Waals surface area contributed by atoms with Gasteiger partial charge in [-0.2, -0.15) is 0 Å². The summed E-state index contributed by atoms with van der Waals surface area (Å²) in [6, 6.07) is 4.84. The smallest absolute Gasteiger partial charge is 0.240 e. The van der Waals surface area contributed by atoms with Crippen LogP contribution >= 0.6 is 0 Å². The summed E-state index contributed by atoms with van der Waals surface area (Å²) in [5.74, 6) is 0.671. The average molecular weight is 316 g/mol. The van der Waals surface area contributed by atoms with Crippen molar-refractivity contribution in [2.75, 3.05) is 33.4 Å². The summed E-state index contributed by atoms with van der Waals surface area (Å²) in [6.45, 7) is 6.39. The molecule has 1 aromatic carbocycles. The third-order valence-electron chi connectivity index (χ3n) is 2.87. The zero-order chi connectivity index (χ0) is 15.7.